The van der Waals surface area contributed by atoms with Crippen molar-refractivity contribution < 1.29 is 13.2 Å². The van der Waals surface area contributed by atoms with Gasteiger partial charge in [0.1, 0.15) is 5.15 Å². The molecule has 1 rings (SSSR count). The fourth-order valence-electron chi connectivity index (χ4n) is 0.979. The molecule has 0 amide bonds. The monoisotopic (exact) mass is 224 g/mol. The van der Waals surface area contributed by atoms with Crippen LogP contribution in [0.2, 0.25) is 5.15 Å². The maximum Gasteiger partial charge on any atom is 0.417 e. The van der Waals surface area contributed by atoms with Gasteiger partial charge >= 0.3 is 6.18 Å². The molecule has 0 aliphatic rings. The van der Waals surface area contributed by atoms with Gasteiger partial charge in [0.2, 0.25) is 0 Å². The highest BCUT2D eigenvalue weighted by Gasteiger charge is 2.31. The molecule has 0 aromatic carbocycles. The second kappa shape index (κ2) is 4.14. The first-order valence-electron chi connectivity index (χ1n) is 3.87. The second-order valence-corrected chi connectivity index (χ2v) is 3.07. The topological polar surface area (TPSA) is 38.9 Å². The van der Waals surface area contributed by atoms with E-state index in [4.69, 9.17) is 17.3 Å². The molecule has 0 aliphatic carbocycles. The van der Waals surface area contributed by atoms with Gasteiger partial charge in [-0.15, -0.1) is 0 Å². The highest BCUT2D eigenvalue weighted by atomic mass is 35.5. The summed E-state index contributed by atoms with van der Waals surface area (Å²) in [5.74, 6) is 0. The molecule has 1 heterocycles. The number of nitrogens with two attached hydrogens (primary N) is 1. The fourth-order valence-corrected chi connectivity index (χ4v) is 1.18. The molecule has 14 heavy (non-hydrogen) atoms. The van der Waals surface area contributed by atoms with Crippen molar-refractivity contribution in [2.75, 3.05) is 6.54 Å². The van der Waals surface area contributed by atoms with E-state index < -0.39 is 11.7 Å². The van der Waals surface area contributed by atoms with E-state index in [0.29, 0.717) is 11.8 Å². The quantitative estimate of drug-likeness (QED) is 0.783. The first-order chi connectivity index (χ1) is 6.45. The molecule has 0 saturated carbocycles. The van der Waals surface area contributed by atoms with Crippen LogP contribution >= 0.6 is 11.6 Å². The Hall–Kier alpha value is -0.810. The number of aromatic nitrogens is 1. The van der Waals surface area contributed by atoms with Crippen molar-refractivity contribution in [1.82, 2.24) is 4.98 Å². The minimum atomic E-state index is -4.39. The zero-order chi connectivity index (χ0) is 10.8. The zero-order valence-corrected chi connectivity index (χ0v) is 7.86. The van der Waals surface area contributed by atoms with Crippen LogP contribution in [0.4, 0.5) is 13.2 Å². The van der Waals surface area contributed by atoms with Gasteiger partial charge in [0.15, 0.2) is 0 Å². The van der Waals surface area contributed by atoms with Crippen LogP contribution in [-0.2, 0) is 12.6 Å². The molecule has 1 aromatic rings. The fraction of sp³-hybridized carbons (Fsp3) is 0.375. The van der Waals surface area contributed by atoms with Crippen molar-refractivity contribution in [3.63, 3.8) is 0 Å². The van der Waals surface area contributed by atoms with Crippen LogP contribution in [0, 0.1) is 0 Å². The van der Waals surface area contributed by atoms with E-state index in [1.807, 2.05) is 0 Å². The number of nitrogens with zero attached hydrogens (tertiary/aromatic N) is 1. The van der Waals surface area contributed by atoms with Gasteiger partial charge in [-0.2, -0.15) is 13.2 Å². The van der Waals surface area contributed by atoms with Gasteiger partial charge in [-0.05, 0) is 24.6 Å². The van der Waals surface area contributed by atoms with Gasteiger partial charge in [-0.3, -0.25) is 0 Å². The van der Waals surface area contributed by atoms with E-state index in [0.717, 1.165) is 6.07 Å². The standard InChI is InChI=1S/C8H8ClF3N2/c9-7-5(1-2-13)3-6(4-14-7)8(10,11)12/h3-4H,1-2,13H2. The van der Waals surface area contributed by atoms with Crippen LogP contribution < -0.4 is 5.73 Å². The average Bonchev–Trinajstić information content (AvgIpc) is 2.07. The lowest BCUT2D eigenvalue weighted by molar-refractivity contribution is -0.137. The van der Waals surface area contributed by atoms with Gasteiger partial charge in [0.05, 0.1) is 5.56 Å². The molecule has 0 saturated heterocycles. The van der Waals surface area contributed by atoms with E-state index in [-0.39, 0.29) is 18.1 Å². The summed E-state index contributed by atoms with van der Waals surface area (Å²) < 4.78 is 36.7. The lowest BCUT2D eigenvalue weighted by Gasteiger charge is -2.08. The van der Waals surface area contributed by atoms with Gasteiger partial charge in [-0.25, -0.2) is 4.98 Å². The molecule has 0 fully saturated rings. The maximum atomic E-state index is 12.2. The molecular formula is C8H8ClF3N2. The minimum absolute atomic E-state index is 0.0726. The smallest absolute Gasteiger partial charge is 0.330 e. The molecule has 0 unspecified atom stereocenters. The van der Waals surface area contributed by atoms with E-state index in [1.165, 1.54) is 0 Å². The van der Waals surface area contributed by atoms with Gasteiger partial charge in [0.25, 0.3) is 0 Å². The number of alkyl halides is 3. The molecular weight excluding hydrogens is 217 g/mol. The highest BCUT2D eigenvalue weighted by Crippen LogP contribution is 2.30. The van der Waals surface area contributed by atoms with Crippen molar-refractivity contribution in [1.29, 1.82) is 0 Å². The summed E-state index contributed by atoms with van der Waals surface area (Å²) in [6, 6.07) is 0.974. The SMILES string of the molecule is NCCc1cc(C(F)(F)F)cnc1Cl. The summed E-state index contributed by atoms with van der Waals surface area (Å²) >= 11 is 5.59. The third-order valence-electron chi connectivity index (χ3n) is 1.65. The molecule has 2 N–H and O–H groups in total. The Morgan fingerprint density at radius 2 is 2.07 bits per heavy atom. The summed E-state index contributed by atoms with van der Waals surface area (Å²) in [7, 11) is 0. The van der Waals surface area contributed by atoms with Crippen molar-refractivity contribution in [2.45, 2.75) is 12.6 Å². The van der Waals surface area contributed by atoms with Crippen molar-refractivity contribution in [3.05, 3.63) is 28.5 Å². The molecule has 0 atom stereocenters. The Labute approximate surface area is 83.9 Å². The number of pyridine rings is 1. The van der Waals surface area contributed by atoms with Gasteiger partial charge in [0, 0.05) is 6.20 Å². The molecule has 6 heteroatoms. The van der Waals surface area contributed by atoms with E-state index in [9.17, 15) is 13.2 Å². The molecule has 0 aliphatic heterocycles. The summed E-state index contributed by atoms with van der Waals surface area (Å²) in [6.45, 7) is 0.239. The van der Waals surface area contributed by atoms with Gasteiger partial charge in [-0.1, -0.05) is 11.6 Å². The van der Waals surface area contributed by atoms with Crippen molar-refractivity contribution in [3.8, 4) is 0 Å². The first-order valence-corrected chi connectivity index (χ1v) is 4.24. The third kappa shape index (κ3) is 2.59. The van der Waals surface area contributed by atoms with Crippen LogP contribution in [0.25, 0.3) is 0 Å². The maximum absolute atomic E-state index is 12.2. The van der Waals surface area contributed by atoms with Crippen LogP contribution in [0.3, 0.4) is 0 Å². The van der Waals surface area contributed by atoms with Crippen LogP contribution in [0.15, 0.2) is 12.3 Å². The summed E-state index contributed by atoms with van der Waals surface area (Å²) in [4.78, 5) is 3.45. The van der Waals surface area contributed by atoms with Crippen LogP contribution in [0.5, 0.6) is 0 Å². The van der Waals surface area contributed by atoms with Crippen LogP contribution in [0.1, 0.15) is 11.1 Å². The normalized spacial score (nSPS) is 11.8. The average molecular weight is 225 g/mol. The highest BCUT2D eigenvalue weighted by molar-refractivity contribution is 6.30. The Balaban J connectivity index is 3.06. The lowest BCUT2D eigenvalue weighted by atomic mass is 10.1. The zero-order valence-electron chi connectivity index (χ0n) is 7.11. The Kier molecular flexibility index (Phi) is 3.34. The number of hydrogen-bond donors (Lipinski definition) is 1. The second-order valence-electron chi connectivity index (χ2n) is 2.71. The van der Waals surface area contributed by atoms with Crippen molar-refractivity contribution in [2.24, 2.45) is 5.73 Å². The minimum Gasteiger partial charge on any atom is -0.330 e. The van der Waals surface area contributed by atoms with Gasteiger partial charge < -0.3 is 5.73 Å². The third-order valence-corrected chi connectivity index (χ3v) is 1.99. The molecule has 0 radical (unpaired) electrons. The molecule has 2 nitrogen and oxygen atoms in total. The first kappa shape index (κ1) is 11.3. The Bertz CT molecular complexity index is 325. The molecule has 1 aromatic heterocycles. The van der Waals surface area contributed by atoms with Crippen molar-refractivity contribution >= 4 is 11.6 Å². The summed E-state index contributed by atoms with van der Waals surface area (Å²) in [5, 5.41) is 0.0726. The summed E-state index contributed by atoms with van der Waals surface area (Å²) in [6.07, 6.45) is -3.39. The number of rotatable bonds is 2. The number of halogens is 4. The van der Waals surface area contributed by atoms with E-state index in [1.54, 1.807) is 0 Å². The predicted molar refractivity (Wildman–Crippen MR) is 47.0 cm³/mol. The Morgan fingerprint density at radius 3 is 2.57 bits per heavy atom. The predicted octanol–water partition coefficient (Wildman–Crippen LogP) is 2.25. The lowest BCUT2D eigenvalue weighted by Crippen LogP contribution is -2.09. The van der Waals surface area contributed by atoms with E-state index in [2.05, 4.69) is 4.98 Å². The van der Waals surface area contributed by atoms with Crippen LogP contribution in [-0.4, -0.2) is 11.5 Å². The largest absolute Gasteiger partial charge is 0.417 e. The number of hydrogen-bond acceptors (Lipinski definition) is 2. The molecule has 0 spiro atoms. The molecule has 78 valence electrons. The molecule has 0 bridgehead atoms. The summed E-state index contributed by atoms with van der Waals surface area (Å²) in [5.41, 5.74) is 4.74. The van der Waals surface area contributed by atoms with E-state index >= 15 is 0 Å². The Morgan fingerprint density at radius 1 is 1.43 bits per heavy atom.